The van der Waals surface area contributed by atoms with Crippen LogP contribution in [0.2, 0.25) is 0 Å². The first-order valence-corrected chi connectivity index (χ1v) is 6.94. The third-order valence-electron chi connectivity index (χ3n) is 3.26. The molecule has 1 amide bonds. The summed E-state index contributed by atoms with van der Waals surface area (Å²) in [6.07, 6.45) is -4.47. The van der Waals surface area contributed by atoms with Gasteiger partial charge >= 0.3 is 6.18 Å². The highest BCUT2D eigenvalue weighted by atomic mass is 35.5. The summed E-state index contributed by atoms with van der Waals surface area (Å²) in [5.74, 6) is -1.71. The molecule has 0 unspecified atom stereocenters. The van der Waals surface area contributed by atoms with Gasteiger partial charge < -0.3 is 20.5 Å². The summed E-state index contributed by atoms with van der Waals surface area (Å²) in [4.78, 5) is 12.1. The molecule has 1 aliphatic rings. The molecule has 0 aromatic heterocycles. The Hall–Kier alpha value is -1.58. The molecule has 0 spiro atoms. The molecular formula is C14H17ClF4N2O3. The second kappa shape index (κ2) is 8.50. The van der Waals surface area contributed by atoms with Crippen molar-refractivity contribution < 1.29 is 31.8 Å². The van der Waals surface area contributed by atoms with Gasteiger partial charge in [0, 0.05) is 12.6 Å². The molecular weight excluding hydrogens is 356 g/mol. The first kappa shape index (κ1) is 20.5. The van der Waals surface area contributed by atoms with E-state index >= 15 is 0 Å². The number of alkyl halides is 3. The Labute approximate surface area is 141 Å². The van der Waals surface area contributed by atoms with Crippen LogP contribution in [0.25, 0.3) is 0 Å². The third kappa shape index (κ3) is 5.81. The minimum Gasteiger partial charge on any atom is -0.482 e. The maximum Gasteiger partial charge on any atom is 0.422 e. The molecule has 1 fully saturated rings. The number of anilines is 1. The van der Waals surface area contributed by atoms with Crippen LogP contribution in [-0.2, 0) is 9.53 Å². The standard InChI is InChI=1S/C14H16F4N2O3.ClH/c15-8-1-3-10(12(5-8)22-7-14(16,17)18)20-13(21)11-4-2-9(6-19)23-11;/h1,3,5,9,11H,2,4,6-7,19H2,(H,20,21);1H/t9-,11+;/m1./s1. The third-order valence-corrected chi connectivity index (χ3v) is 3.26. The fourth-order valence-electron chi connectivity index (χ4n) is 2.16. The second-order valence-electron chi connectivity index (χ2n) is 5.09. The van der Waals surface area contributed by atoms with Crippen LogP contribution in [0.3, 0.4) is 0 Å². The van der Waals surface area contributed by atoms with Crippen LogP contribution < -0.4 is 15.8 Å². The van der Waals surface area contributed by atoms with E-state index in [1.54, 1.807) is 0 Å². The minimum absolute atomic E-state index is 0. The van der Waals surface area contributed by atoms with Crippen molar-refractivity contribution in [3.63, 3.8) is 0 Å². The molecule has 0 radical (unpaired) electrons. The Morgan fingerprint density at radius 3 is 2.67 bits per heavy atom. The van der Waals surface area contributed by atoms with E-state index in [1.807, 2.05) is 0 Å². The van der Waals surface area contributed by atoms with Gasteiger partial charge in [-0.05, 0) is 25.0 Å². The number of hydrogen-bond donors (Lipinski definition) is 2. The lowest BCUT2D eigenvalue weighted by Crippen LogP contribution is -2.30. The zero-order chi connectivity index (χ0) is 17.0. The molecule has 0 bridgehead atoms. The summed E-state index contributed by atoms with van der Waals surface area (Å²) < 4.78 is 59.8. The number of carbonyl (C=O) groups excluding carboxylic acids is 1. The molecule has 1 saturated heterocycles. The molecule has 0 saturated carbocycles. The lowest BCUT2D eigenvalue weighted by molar-refractivity contribution is -0.153. The van der Waals surface area contributed by atoms with E-state index in [4.69, 9.17) is 10.5 Å². The quantitative estimate of drug-likeness (QED) is 0.779. The zero-order valence-corrected chi connectivity index (χ0v) is 13.3. The van der Waals surface area contributed by atoms with Gasteiger partial charge in [0.1, 0.15) is 17.7 Å². The van der Waals surface area contributed by atoms with Crippen molar-refractivity contribution in [2.24, 2.45) is 5.73 Å². The Kier molecular flexibility index (Phi) is 7.25. The number of benzene rings is 1. The number of halogens is 5. The predicted molar refractivity (Wildman–Crippen MR) is 80.8 cm³/mol. The van der Waals surface area contributed by atoms with Gasteiger partial charge in [-0.25, -0.2) is 4.39 Å². The SMILES string of the molecule is Cl.NC[C@H]1CC[C@@H](C(=O)Nc2ccc(F)cc2OCC(F)(F)F)O1. The monoisotopic (exact) mass is 372 g/mol. The number of carbonyl (C=O) groups is 1. The molecule has 1 aromatic rings. The molecule has 3 N–H and O–H groups in total. The second-order valence-corrected chi connectivity index (χ2v) is 5.09. The summed E-state index contributed by atoms with van der Waals surface area (Å²) >= 11 is 0. The van der Waals surface area contributed by atoms with E-state index in [2.05, 4.69) is 10.1 Å². The molecule has 10 heteroatoms. The average Bonchev–Trinajstić information content (AvgIpc) is 2.95. The van der Waals surface area contributed by atoms with E-state index in [0.717, 1.165) is 18.2 Å². The Bertz CT molecular complexity index is 571. The van der Waals surface area contributed by atoms with Crippen LogP contribution in [0.1, 0.15) is 12.8 Å². The maximum atomic E-state index is 13.2. The fourth-order valence-corrected chi connectivity index (χ4v) is 2.16. The Morgan fingerprint density at radius 1 is 1.38 bits per heavy atom. The molecule has 24 heavy (non-hydrogen) atoms. The van der Waals surface area contributed by atoms with Crippen LogP contribution in [-0.4, -0.2) is 37.4 Å². The Morgan fingerprint density at radius 2 is 2.08 bits per heavy atom. The molecule has 136 valence electrons. The number of rotatable bonds is 5. The normalized spacial score (nSPS) is 20.4. The fraction of sp³-hybridized carbons (Fsp3) is 0.500. The number of nitrogens with two attached hydrogens (primary N) is 1. The summed E-state index contributed by atoms with van der Waals surface area (Å²) in [6.45, 7) is -1.31. The van der Waals surface area contributed by atoms with E-state index in [-0.39, 0.29) is 30.7 Å². The van der Waals surface area contributed by atoms with Gasteiger partial charge in [0.15, 0.2) is 6.61 Å². The van der Waals surface area contributed by atoms with Crippen LogP contribution in [0, 0.1) is 5.82 Å². The van der Waals surface area contributed by atoms with Gasteiger partial charge in [0.25, 0.3) is 5.91 Å². The molecule has 2 atom stereocenters. The van der Waals surface area contributed by atoms with Crippen LogP contribution in [0.15, 0.2) is 18.2 Å². The highest BCUT2D eigenvalue weighted by molar-refractivity contribution is 5.95. The van der Waals surface area contributed by atoms with Gasteiger partial charge in [-0.1, -0.05) is 0 Å². The topological polar surface area (TPSA) is 73.6 Å². The van der Waals surface area contributed by atoms with Crippen molar-refractivity contribution in [2.75, 3.05) is 18.5 Å². The largest absolute Gasteiger partial charge is 0.482 e. The number of hydrogen-bond acceptors (Lipinski definition) is 4. The minimum atomic E-state index is -4.57. The first-order valence-electron chi connectivity index (χ1n) is 6.94. The summed E-state index contributed by atoms with van der Waals surface area (Å²) in [6, 6.07) is 2.92. The summed E-state index contributed by atoms with van der Waals surface area (Å²) in [5, 5.41) is 2.40. The van der Waals surface area contributed by atoms with Crippen molar-refractivity contribution in [3.05, 3.63) is 24.0 Å². The first-order chi connectivity index (χ1) is 10.8. The van der Waals surface area contributed by atoms with Crippen LogP contribution in [0.4, 0.5) is 23.2 Å². The average molecular weight is 373 g/mol. The van der Waals surface area contributed by atoms with Crippen molar-refractivity contribution in [1.82, 2.24) is 0 Å². The Balaban J connectivity index is 0.00000288. The van der Waals surface area contributed by atoms with Gasteiger partial charge in [-0.2, -0.15) is 13.2 Å². The molecule has 1 aliphatic heterocycles. The number of amides is 1. The van der Waals surface area contributed by atoms with Gasteiger partial charge in [0.2, 0.25) is 0 Å². The molecule has 1 heterocycles. The van der Waals surface area contributed by atoms with Gasteiger partial charge in [0.05, 0.1) is 11.8 Å². The lowest BCUT2D eigenvalue weighted by atomic mass is 10.2. The number of nitrogens with one attached hydrogen (secondary N) is 1. The number of ether oxygens (including phenoxy) is 2. The van der Waals surface area contributed by atoms with Crippen molar-refractivity contribution in [1.29, 1.82) is 0 Å². The summed E-state index contributed by atoms with van der Waals surface area (Å²) in [7, 11) is 0. The molecule has 0 aliphatic carbocycles. The summed E-state index contributed by atoms with van der Waals surface area (Å²) in [5.41, 5.74) is 5.39. The highest BCUT2D eigenvalue weighted by Crippen LogP contribution is 2.29. The lowest BCUT2D eigenvalue weighted by Gasteiger charge is -2.16. The predicted octanol–water partition coefficient (Wildman–Crippen LogP) is 2.63. The van der Waals surface area contributed by atoms with Crippen LogP contribution >= 0.6 is 12.4 Å². The van der Waals surface area contributed by atoms with E-state index < -0.39 is 36.4 Å². The molecule has 5 nitrogen and oxygen atoms in total. The van der Waals surface area contributed by atoms with E-state index in [9.17, 15) is 22.4 Å². The van der Waals surface area contributed by atoms with Gasteiger partial charge in [-0.15, -0.1) is 12.4 Å². The van der Waals surface area contributed by atoms with Crippen LogP contribution in [0.5, 0.6) is 5.75 Å². The molecule has 1 aromatic carbocycles. The zero-order valence-electron chi connectivity index (χ0n) is 12.4. The van der Waals surface area contributed by atoms with E-state index in [1.165, 1.54) is 0 Å². The molecule has 2 rings (SSSR count). The van der Waals surface area contributed by atoms with E-state index in [0.29, 0.717) is 12.8 Å². The van der Waals surface area contributed by atoms with Gasteiger partial charge in [-0.3, -0.25) is 4.79 Å². The highest BCUT2D eigenvalue weighted by Gasteiger charge is 2.31. The smallest absolute Gasteiger partial charge is 0.422 e. The van der Waals surface area contributed by atoms with Crippen molar-refractivity contribution in [3.8, 4) is 5.75 Å². The van der Waals surface area contributed by atoms with Crippen molar-refractivity contribution >= 4 is 24.0 Å². The van der Waals surface area contributed by atoms with Crippen molar-refractivity contribution in [2.45, 2.75) is 31.2 Å². The maximum absolute atomic E-state index is 13.2.